The number of oxime groups is 1. The third-order valence-corrected chi connectivity index (χ3v) is 8.59. The number of thioether (sulfide) groups is 3. The van der Waals surface area contributed by atoms with Crippen molar-refractivity contribution < 1.29 is 24.7 Å². The molecule has 0 aliphatic carbocycles. The number of nitrogens with zero attached hydrogens (tertiary/aromatic N) is 5. The van der Waals surface area contributed by atoms with Crippen molar-refractivity contribution in [3.63, 3.8) is 0 Å². The molecule has 0 spiro atoms. The fourth-order valence-electron chi connectivity index (χ4n) is 2.94. The Kier molecular flexibility index (Phi) is 6.58. The number of aromatic nitrogens is 4. The van der Waals surface area contributed by atoms with Gasteiger partial charge in [-0.2, -0.15) is 10.3 Å². The van der Waals surface area contributed by atoms with Gasteiger partial charge in [-0.15, -0.1) is 40.0 Å². The molecular weight excluding hydrogens is 500 g/mol. The Morgan fingerprint density at radius 2 is 2.25 bits per heavy atom. The molecule has 6 N–H and O–H groups in total. The molecule has 0 unspecified atom stereocenters. The van der Waals surface area contributed by atoms with E-state index in [-0.39, 0.29) is 22.2 Å². The number of aromatic amines is 1. The summed E-state index contributed by atoms with van der Waals surface area (Å²) in [6.07, 6.45) is 1.56. The van der Waals surface area contributed by atoms with Crippen LogP contribution in [0.15, 0.2) is 32.4 Å². The molecule has 4 rings (SSSR count). The van der Waals surface area contributed by atoms with Gasteiger partial charge in [0.25, 0.3) is 11.8 Å². The Balaban J connectivity index is 1.44. The molecule has 2 amide bonds. The van der Waals surface area contributed by atoms with E-state index in [1.165, 1.54) is 45.6 Å². The van der Waals surface area contributed by atoms with Gasteiger partial charge in [-0.25, -0.2) is 9.78 Å². The Morgan fingerprint density at radius 3 is 2.88 bits per heavy atom. The maximum Gasteiger partial charge on any atom is 0.353 e. The van der Waals surface area contributed by atoms with E-state index in [1.54, 1.807) is 6.20 Å². The topological polar surface area (TPSA) is 200 Å². The molecule has 17 heteroatoms. The van der Waals surface area contributed by atoms with E-state index in [0.717, 1.165) is 11.3 Å². The molecule has 0 aromatic carbocycles. The fraction of sp³-hybridized carbons (Fsp3) is 0.267. The van der Waals surface area contributed by atoms with Gasteiger partial charge in [-0.3, -0.25) is 14.5 Å². The number of H-pyrrole nitrogens is 1. The molecule has 32 heavy (non-hydrogen) atoms. The number of fused-ring (bicyclic) bond motifs is 1. The number of anilines is 1. The first kappa shape index (κ1) is 22.4. The Morgan fingerprint density at radius 1 is 1.44 bits per heavy atom. The molecule has 168 valence electrons. The van der Waals surface area contributed by atoms with Crippen LogP contribution in [0.4, 0.5) is 5.13 Å². The number of thiazole rings is 1. The molecule has 0 bridgehead atoms. The highest BCUT2D eigenvalue weighted by molar-refractivity contribution is 8.18. The number of carbonyl (C=O) groups excluding carboxylic acids is 2. The number of rotatable bonds is 8. The smallest absolute Gasteiger partial charge is 0.353 e. The van der Waals surface area contributed by atoms with Crippen molar-refractivity contribution in [2.45, 2.75) is 16.4 Å². The lowest BCUT2D eigenvalue weighted by molar-refractivity contribution is -0.150. The van der Waals surface area contributed by atoms with E-state index < -0.39 is 29.2 Å². The second-order valence-electron chi connectivity index (χ2n) is 6.17. The molecule has 2 aromatic heterocycles. The van der Waals surface area contributed by atoms with Crippen molar-refractivity contribution in [1.82, 2.24) is 30.6 Å². The maximum absolute atomic E-state index is 12.7. The number of nitrogens with two attached hydrogens (primary N) is 1. The summed E-state index contributed by atoms with van der Waals surface area (Å²) in [6, 6.07) is -0.967. The predicted molar refractivity (Wildman–Crippen MR) is 119 cm³/mol. The molecule has 2 aliphatic heterocycles. The second-order valence-corrected chi connectivity index (χ2v) is 10.6. The summed E-state index contributed by atoms with van der Waals surface area (Å²) in [5.74, 6) is -2.25. The molecule has 2 aliphatic rings. The zero-order valence-corrected chi connectivity index (χ0v) is 19.1. The number of nitrogen functional groups attached to an aromatic ring is 1. The zero-order valence-electron chi connectivity index (χ0n) is 15.8. The van der Waals surface area contributed by atoms with E-state index in [9.17, 15) is 24.7 Å². The van der Waals surface area contributed by atoms with E-state index in [4.69, 9.17) is 5.73 Å². The van der Waals surface area contributed by atoms with Gasteiger partial charge >= 0.3 is 5.97 Å². The van der Waals surface area contributed by atoms with Crippen LogP contribution in [0.25, 0.3) is 0 Å². The highest BCUT2D eigenvalue weighted by Crippen LogP contribution is 2.44. The van der Waals surface area contributed by atoms with Crippen LogP contribution >= 0.6 is 46.6 Å². The van der Waals surface area contributed by atoms with Crippen LogP contribution in [0.3, 0.4) is 0 Å². The van der Waals surface area contributed by atoms with Crippen LogP contribution < -0.4 is 11.1 Å². The second kappa shape index (κ2) is 9.39. The van der Waals surface area contributed by atoms with Gasteiger partial charge in [-0.05, 0) is 0 Å². The Bertz CT molecular complexity index is 1120. The maximum atomic E-state index is 12.7. The first-order chi connectivity index (χ1) is 15.4. The Labute approximate surface area is 196 Å². The summed E-state index contributed by atoms with van der Waals surface area (Å²) in [5, 5.41) is 36.7. The number of β-lactam (4-membered cyclic amide) rings is 1. The van der Waals surface area contributed by atoms with Crippen LogP contribution in [0.1, 0.15) is 5.69 Å². The molecule has 1 saturated heterocycles. The van der Waals surface area contributed by atoms with Crippen molar-refractivity contribution in [2.75, 3.05) is 16.6 Å². The first-order valence-electron chi connectivity index (χ1n) is 8.67. The molecule has 2 aromatic rings. The van der Waals surface area contributed by atoms with Crippen molar-refractivity contribution in [2.24, 2.45) is 5.16 Å². The van der Waals surface area contributed by atoms with Gasteiger partial charge in [0, 0.05) is 16.0 Å². The van der Waals surface area contributed by atoms with Crippen LogP contribution in [-0.2, 0) is 14.4 Å². The average molecular weight is 515 g/mol. The summed E-state index contributed by atoms with van der Waals surface area (Å²) in [6.45, 7) is 0. The average Bonchev–Trinajstić information content (AvgIpc) is 3.44. The summed E-state index contributed by atoms with van der Waals surface area (Å²) < 4.78 is 0. The third-order valence-electron chi connectivity index (χ3n) is 4.34. The number of carboxylic acid groups (broad SMARTS) is 1. The van der Waals surface area contributed by atoms with Gasteiger partial charge < -0.3 is 21.4 Å². The monoisotopic (exact) mass is 514 g/mol. The normalized spacial score (nSPS) is 20.7. The van der Waals surface area contributed by atoms with E-state index >= 15 is 0 Å². The number of hydrogen-bond acceptors (Lipinski definition) is 13. The van der Waals surface area contributed by atoms with E-state index in [1.807, 2.05) is 0 Å². The van der Waals surface area contributed by atoms with Crippen molar-refractivity contribution in [1.29, 1.82) is 0 Å². The quantitative estimate of drug-likeness (QED) is 0.0801. The largest absolute Gasteiger partial charge is 0.477 e. The minimum absolute atomic E-state index is 0.0712. The van der Waals surface area contributed by atoms with Crippen LogP contribution in [0.5, 0.6) is 0 Å². The van der Waals surface area contributed by atoms with Crippen LogP contribution in [0, 0.1) is 0 Å². The fourth-order valence-corrected chi connectivity index (χ4v) is 7.06. The molecule has 1 fully saturated rings. The first-order valence-corrected chi connectivity index (χ1v) is 12.6. The minimum atomic E-state index is -1.22. The zero-order chi connectivity index (χ0) is 22.8. The third kappa shape index (κ3) is 4.27. The molecular formula is C15H14N8O5S4. The lowest BCUT2D eigenvalue weighted by atomic mass is 10.0. The molecule has 4 heterocycles. The number of carboxylic acids is 1. The highest BCUT2D eigenvalue weighted by atomic mass is 32.2. The number of hydrogen-bond donors (Lipinski definition) is 5. The van der Waals surface area contributed by atoms with Gasteiger partial charge in [0.2, 0.25) is 0 Å². The van der Waals surface area contributed by atoms with Crippen molar-refractivity contribution in [3.8, 4) is 0 Å². The predicted octanol–water partition coefficient (Wildman–Crippen LogP) is 0.201. The van der Waals surface area contributed by atoms with Gasteiger partial charge in [-0.1, -0.05) is 16.9 Å². The summed E-state index contributed by atoms with van der Waals surface area (Å²) >= 11 is 5.08. The summed E-state index contributed by atoms with van der Waals surface area (Å²) in [5.41, 5.74) is 5.12. The lowest BCUT2D eigenvalue weighted by Crippen LogP contribution is -2.71. The van der Waals surface area contributed by atoms with Gasteiger partial charge in [0.15, 0.2) is 10.8 Å². The number of amides is 2. The lowest BCUT2D eigenvalue weighted by Gasteiger charge is -2.49. The van der Waals surface area contributed by atoms with Gasteiger partial charge in [0.05, 0.1) is 11.3 Å². The standard InChI is InChI=1S/C15H14N8O5S4/c16-15-18-5(2-30-15)8(21-28)11(24)19-9-12(25)23-10(14(26)27)6(3-29-13(9)23)31-4-32-7-1-17-22-20-7/h1-2,9,13,28H,3-4H2,(H2,16,18)(H,19,24)(H,26,27)(H,17,20,22)/b21-8+/t9-,13-/m1/s1. The number of carbonyl (C=O) groups is 3. The minimum Gasteiger partial charge on any atom is -0.477 e. The molecule has 0 radical (unpaired) electrons. The number of aliphatic carboxylic acids is 1. The molecule has 0 saturated carbocycles. The van der Waals surface area contributed by atoms with Gasteiger partial charge in [0.1, 0.15) is 27.8 Å². The molecule has 2 atom stereocenters. The van der Waals surface area contributed by atoms with E-state index in [0.29, 0.717) is 20.8 Å². The van der Waals surface area contributed by atoms with Crippen LogP contribution in [-0.4, -0.2) is 81.4 Å². The molecule has 13 nitrogen and oxygen atoms in total. The van der Waals surface area contributed by atoms with Crippen LogP contribution in [0.2, 0.25) is 0 Å². The number of nitrogens with one attached hydrogen (secondary N) is 2. The Hall–Kier alpha value is -2.76. The van der Waals surface area contributed by atoms with E-state index in [2.05, 4.69) is 30.9 Å². The SMILES string of the molecule is Nc1nc(/C(=N\O)C(=O)N[C@@H]2C(=O)N3C(C(=O)O)=C(SCSc4cn[nH]n4)CS[C@H]23)cs1. The van der Waals surface area contributed by atoms with Crippen molar-refractivity contribution in [3.05, 3.63) is 27.9 Å². The van der Waals surface area contributed by atoms with Crippen molar-refractivity contribution >= 4 is 75.2 Å². The summed E-state index contributed by atoms with van der Waals surface area (Å²) in [7, 11) is 0. The highest BCUT2D eigenvalue weighted by Gasteiger charge is 2.54. The summed E-state index contributed by atoms with van der Waals surface area (Å²) in [4.78, 5) is 42.8.